The van der Waals surface area contributed by atoms with E-state index in [0.717, 1.165) is 45.3 Å². The van der Waals surface area contributed by atoms with Gasteiger partial charge in [0.05, 0.1) is 34.0 Å². The van der Waals surface area contributed by atoms with E-state index in [1.807, 2.05) is 0 Å². The van der Waals surface area contributed by atoms with Crippen molar-refractivity contribution in [2.45, 2.75) is 0 Å². The summed E-state index contributed by atoms with van der Waals surface area (Å²) < 4.78 is 0. The fraction of sp³-hybridized carbons (Fsp3) is 0. The van der Waals surface area contributed by atoms with E-state index in [9.17, 15) is 0 Å². The molecule has 0 N–H and O–H groups in total. The standard InChI is InChI=1S/C39H26BN3/c1-2-13-29(14-3-1)42-35-18-8-10-20-37(35)43(38-21-11-9-19-36(38)42)30-24-22-28(23-25-30)40-32-16-6-5-15-31(32)39-33(40)26-27-12-4-7-17-34(27)41-39/h1-26H. The van der Waals surface area contributed by atoms with Crippen molar-refractivity contribution in [3.05, 3.63) is 158 Å². The van der Waals surface area contributed by atoms with Crippen LogP contribution in [0.25, 0.3) is 22.2 Å². The molecule has 0 saturated carbocycles. The summed E-state index contributed by atoms with van der Waals surface area (Å²) in [5.74, 6) is 0. The summed E-state index contributed by atoms with van der Waals surface area (Å²) in [4.78, 5) is 9.88. The van der Waals surface area contributed by atoms with Crippen LogP contribution in [-0.4, -0.2) is 11.7 Å². The number of fused-ring (bicyclic) bond motifs is 6. The first-order chi connectivity index (χ1) is 21.3. The number of benzene rings is 6. The molecule has 4 heteroatoms. The monoisotopic (exact) mass is 547 g/mol. The van der Waals surface area contributed by atoms with Crippen LogP contribution in [0.3, 0.4) is 0 Å². The molecule has 0 bridgehead atoms. The number of para-hydroxylation sites is 6. The highest BCUT2D eigenvalue weighted by Crippen LogP contribution is 2.53. The first kappa shape index (κ1) is 24.0. The van der Waals surface area contributed by atoms with Crippen molar-refractivity contribution < 1.29 is 0 Å². The largest absolute Gasteiger partial charge is 0.306 e. The van der Waals surface area contributed by atoms with Crippen LogP contribution in [0.15, 0.2) is 158 Å². The third-order valence-electron chi connectivity index (χ3n) is 8.82. The number of nitrogens with zero attached hydrogens (tertiary/aromatic N) is 3. The van der Waals surface area contributed by atoms with Gasteiger partial charge in [-0.05, 0) is 71.0 Å². The Morgan fingerprint density at radius 3 is 1.65 bits per heavy atom. The van der Waals surface area contributed by atoms with Gasteiger partial charge >= 0.3 is 0 Å². The lowest BCUT2D eigenvalue weighted by atomic mass is 9.39. The van der Waals surface area contributed by atoms with Crippen LogP contribution in [0.2, 0.25) is 0 Å². The SMILES string of the molecule is c1ccc(N2c3ccccc3N(c3ccc(B4c5ccccc5-c5nc6ccccc6cc54)cc3)c3ccccc32)cc1. The van der Waals surface area contributed by atoms with E-state index in [-0.39, 0.29) is 6.71 Å². The Balaban J connectivity index is 1.17. The summed E-state index contributed by atoms with van der Waals surface area (Å²) in [6.45, 7) is 0.145. The quantitative estimate of drug-likeness (QED) is 0.209. The normalized spacial score (nSPS) is 13.0. The zero-order valence-electron chi connectivity index (χ0n) is 23.4. The number of hydrogen-bond acceptors (Lipinski definition) is 3. The minimum Gasteiger partial charge on any atom is -0.306 e. The van der Waals surface area contributed by atoms with E-state index in [1.54, 1.807) is 0 Å². The highest BCUT2D eigenvalue weighted by atomic mass is 15.3. The fourth-order valence-electron chi connectivity index (χ4n) is 6.95. The predicted molar refractivity (Wildman–Crippen MR) is 181 cm³/mol. The van der Waals surface area contributed by atoms with E-state index in [1.165, 1.54) is 27.3 Å². The lowest BCUT2D eigenvalue weighted by Gasteiger charge is -2.40. The molecule has 0 radical (unpaired) electrons. The first-order valence-electron chi connectivity index (χ1n) is 14.8. The van der Waals surface area contributed by atoms with Crippen LogP contribution >= 0.6 is 0 Å². The topological polar surface area (TPSA) is 19.4 Å². The van der Waals surface area contributed by atoms with Gasteiger partial charge < -0.3 is 9.80 Å². The van der Waals surface area contributed by atoms with Gasteiger partial charge in [0, 0.05) is 11.4 Å². The van der Waals surface area contributed by atoms with Crippen LogP contribution in [0.4, 0.5) is 34.1 Å². The molecule has 0 aliphatic carbocycles. The van der Waals surface area contributed by atoms with Crippen molar-refractivity contribution in [2.24, 2.45) is 0 Å². The molecule has 0 unspecified atom stereocenters. The molecule has 2 aliphatic rings. The molecule has 3 nitrogen and oxygen atoms in total. The highest BCUT2D eigenvalue weighted by Gasteiger charge is 2.35. The van der Waals surface area contributed by atoms with Crippen molar-refractivity contribution in [3.63, 3.8) is 0 Å². The van der Waals surface area contributed by atoms with Gasteiger partial charge in [0.1, 0.15) is 0 Å². The molecule has 6 aromatic carbocycles. The second-order valence-electron chi connectivity index (χ2n) is 11.2. The number of anilines is 6. The van der Waals surface area contributed by atoms with Crippen molar-refractivity contribution in [1.82, 2.24) is 4.98 Å². The Kier molecular flexibility index (Phi) is 5.29. The zero-order valence-corrected chi connectivity index (χ0v) is 23.4. The maximum Gasteiger partial charge on any atom is 0.244 e. The van der Waals surface area contributed by atoms with E-state index in [4.69, 9.17) is 4.98 Å². The molecule has 3 heterocycles. The molecule has 0 saturated heterocycles. The van der Waals surface area contributed by atoms with E-state index in [2.05, 4.69) is 168 Å². The maximum absolute atomic E-state index is 5.13. The fourth-order valence-corrected chi connectivity index (χ4v) is 6.95. The van der Waals surface area contributed by atoms with Gasteiger partial charge in [-0.25, -0.2) is 4.98 Å². The summed E-state index contributed by atoms with van der Waals surface area (Å²) in [6, 6.07) is 56.6. The molecule has 0 fully saturated rings. The summed E-state index contributed by atoms with van der Waals surface area (Å²) in [6.07, 6.45) is 0. The molecule has 0 spiro atoms. The molecule has 9 rings (SSSR count). The van der Waals surface area contributed by atoms with Gasteiger partial charge in [-0.3, -0.25) is 0 Å². The predicted octanol–water partition coefficient (Wildman–Crippen LogP) is 7.98. The minimum absolute atomic E-state index is 0.145. The van der Waals surface area contributed by atoms with E-state index >= 15 is 0 Å². The number of hydrogen-bond donors (Lipinski definition) is 0. The average molecular weight is 547 g/mol. The van der Waals surface area contributed by atoms with Crippen molar-refractivity contribution in [1.29, 1.82) is 0 Å². The van der Waals surface area contributed by atoms with E-state index in [0.29, 0.717) is 0 Å². The summed E-state index contributed by atoms with van der Waals surface area (Å²) in [7, 11) is 0. The van der Waals surface area contributed by atoms with Gasteiger partial charge in [-0.15, -0.1) is 0 Å². The molecule has 200 valence electrons. The Labute approximate surface area is 251 Å². The smallest absolute Gasteiger partial charge is 0.244 e. The lowest BCUT2D eigenvalue weighted by molar-refractivity contribution is 1.17. The third-order valence-corrected chi connectivity index (χ3v) is 8.82. The van der Waals surface area contributed by atoms with Gasteiger partial charge in [0.15, 0.2) is 0 Å². The minimum atomic E-state index is 0.145. The molecule has 2 aliphatic heterocycles. The zero-order chi connectivity index (χ0) is 28.3. The van der Waals surface area contributed by atoms with Crippen molar-refractivity contribution >= 4 is 68.1 Å². The highest BCUT2D eigenvalue weighted by molar-refractivity contribution is 6.99. The molecule has 1 aromatic heterocycles. The first-order valence-corrected chi connectivity index (χ1v) is 14.8. The van der Waals surface area contributed by atoms with Gasteiger partial charge in [-0.2, -0.15) is 0 Å². The number of aromatic nitrogens is 1. The van der Waals surface area contributed by atoms with Crippen molar-refractivity contribution in [3.8, 4) is 11.3 Å². The van der Waals surface area contributed by atoms with Gasteiger partial charge in [0.25, 0.3) is 0 Å². The molecular weight excluding hydrogens is 521 g/mol. The molecule has 0 atom stereocenters. The van der Waals surface area contributed by atoms with Crippen LogP contribution in [0.5, 0.6) is 0 Å². The summed E-state index contributed by atoms with van der Waals surface area (Å²) in [5, 5.41) is 1.18. The Hall–Kier alpha value is -5.61. The summed E-state index contributed by atoms with van der Waals surface area (Å²) >= 11 is 0. The third kappa shape index (κ3) is 3.66. The average Bonchev–Trinajstić information content (AvgIpc) is 3.39. The Bertz CT molecular complexity index is 2110. The molecule has 7 aromatic rings. The van der Waals surface area contributed by atoms with Crippen LogP contribution < -0.4 is 26.2 Å². The van der Waals surface area contributed by atoms with Gasteiger partial charge in [0.2, 0.25) is 6.71 Å². The Morgan fingerprint density at radius 2 is 0.977 bits per heavy atom. The van der Waals surface area contributed by atoms with Crippen LogP contribution in [-0.2, 0) is 0 Å². The second kappa shape index (κ2) is 9.47. The number of rotatable bonds is 3. The van der Waals surface area contributed by atoms with Crippen LogP contribution in [0.1, 0.15) is 0 Å². The van der Waals surface area contributed by atoms with E-state index < -0.39 is 0 Å². The Morgan fingerprint density at radius 1 is 0.442 bits per heavy atom. The second-order valence-corrected chi connectivity index (χ2v) is 11.2. The van der Waals surface area contributed by atoms with Crippen molar-refractivity contribution in [2.75, 3.05) is 9.80 Å². The van der Waals surface area contributed by atoms with Gasteiger partial charge in [-0.1, -0.05) is 114 Å². The molecule has 43 heavy (non-hydrogen) atoms. The lowest BCUT2D eigenvalue weighted by Crippen LogP contribution is -2.48. The molecular formula is C39H26BN3. The maximum atomic E-state index is 5.13. The number of pyridine rings is 1. The summed E-state index contributed by atoms with van der Waals surface area (Å²) in [5.41, 5.74) is 14.2. The van der Waals surface area contributed by atoms with Crippen LogP contribution in [0, 0.1) is 0 Å². The molecule has 0 amide bonds.